The number of hydrogen-bond donors (Lipinski definition) is 3. The number of rotatable bonds is 4. The summed E-state index contributed by atoms with van der Waals surface area (Å²) >= 11 is 0. The lowest BCUT2D eigenvalue weighted by Gasteiger charge is -2.25. The molecule has 174 valence electrons. The third-order valence-corrected chi connectivity index (χ3v) is 6.62. The molecule has 3 aromatic rings. The van der Waals surface area contributed by atoms with E-state index in [1.807, 2.05) is 4.98 Å². The van der Waals surface area contributed by atoms with Crippen molar-refractivity contribution in [2.24, 2.45) is 11.3 Å². The molecule has 2 fully saturated rings. The highest BCUT2D eigenvalue weighted by atomic mass is 19.1. The Hall–Kier alpha value is -3.36. The van der Waals surface area contributed by atoms with Crippen LogP contribution in [-0.2, 0) is 11.3 Å². The number of H-pyrrole nitrogens is 2. The molecule has 0 atom stereocenters. The minimum absolute atomic E-state index is 0.0173. The van der Waals surface area contributed by atoms with Gasteiger partial charge in [-0.25, -0.2) is 18.0 Å². The minimum atomic E-state index is -0.606. The van der Waals surface area contributed by atoms with Crippen LogP contribution in [0.3, 0.4) is 0 Å². The fourth-order valence-corrected chi connectivity index (χ4v) is 4.96. The molecule has 2 bridgehead atoms. The van der Waals surface area contributed by atoms with Gasteiger partial charge in [0.05, 0.1) is 10.9 Å². The molecule has 0 aliphatic heterocycles. The number of nitrogens with one attached hydrogen (secondary N) is 3. The van der Waals surface area contributed by atoms with E-state index < -0.39 is 28.7 Å². The summed E-state index contributed by atoms with van der Waals surface area (Å²) in [5.74, 6) is -0.914. The van der Waals surface area contributed by atoms with Crippen LogP contribution in [0.25, 0.3) is 10.9 Å². The molecule has 5 rings (SSSR count). The van der Waals surface area contributed by atoms with Crippen LogP contribution in [0.15, 0.2) is 46.0 Å². The molecule has 1 aromatic heterocycles. The molecule has 2 saturated carbocycles. The second-order valence-corrected chi connectivity index (χ2v) is 8.93. The topological polar surface area (TPSA) is 94.8 Å². The number of aromatic nitrogens is 2. The number of aromatic amines is 2. The Bertz CT molecular complexity index is 1290. The third kappa shape index (κ3) is 5.35. The molecule has 1 heterocycles. The predicted octanol–water partition coefficient (Wildman–Crippen LogP) is 3.91. The molecule has 1 amide bonds. The zero-order valence-corrected chi connectivity index (χ0v) is 17.8. The molecule has 2 aliphatic rings. The van der Waals surface area contributed by atoms with Crippen LogP contribution in [-0.4, -0.2) is 15.9 Å². The van der Waals surface area contributed by atoms with E-state index >= 15 is 0 Å². The maximum atomic E-state index is 13.5. The van der Waals surface area contributed by atoms with Gasteiger partial charge in [-0.3, -0.25) is 14.6 Å². The first kappa shape index (κ1) is 22.8. The van der Waals surface area contributed by atoms with E-state index in [9.17, 15) is 27.6 Å². The van der Waals surface area contributed by atoms with Crippen LogP contribution in [0.4, 0.5) is 13.2 Å². The highest BCUT2D eigenvalue weighted by molar-refractivity contribution is 5.77. The summed E-state index contributed by atoms with van der Waals surface area (Å²) in [5.41, 5.74) is -0.318. The molecule has 0 unspecified atom stereocenters. The van der Waals surface area contributed by atoms with E-state index in [0.29, 0.717) is 17.5 Å². The van der Waals surface area contributed by atoms with E-state index in [0.717, 1.165) is 30.9 Å². The van der Waals surface area contributed by atoms with Crippen molar-refractivity contribution >= 4 is 16.8 Å². The Morgan fingerprint density at radius 1 is 1.00 bits per heavy atom. The molecule has 0 saturated heterocycles. The van der Waals surface area contributed by atoms with Gasteiger partial charge in [0, 0.05) is 24.6 Å². The monoisotopic (exact) mass is 459 g/mol. The SMILES string of the molecule is O=C(CC12CCC(CC1)C2)NCc1ccc(F)cc1F.O=c1[nH]c(=O)c2cc(F)ccc2[nH]1. The van der Waals surface area contributed by atoms with E-state index in [1.54, 1.807) is 0 Å². The van der Waals surface area contributed by atoms with Gasteiger partial charge in [-0.2, -0.15) is 0 Å². The first-order valence-corrected chi connectivity index (χ1v) is 10.9. The van der Waals surface area contributed by atoms with Crippen LogP contribution >= 0.6 is 0 Å². The highest BCUT2D eigenvalue weighted by Gasteiger charge is 2.45. The van der Waals surface area contributed by atoms with Gasteiger partial charge in [-0.15, -0.1) is 0 Å². The van der Waals surface area contributed by atoms with Crippen LogP contribution in [0.2, 0.25) is 0 Å². The first-order valence-electron chi connectivity index (χ1n) is 10.9. The zero-order chi connectivity index (χ0) is 23.6. The van der Waals surface area contributed by atoms with Crippen molar-refractivity contribution < 1.29 is 18.0 Å². The fourth-order valence-electron chi connectivity index (χ4n) is 4.96. The summed E-state index contributed by atoms with van der Waals surface area (Å²) in [5, 5.41) is 2.90. The summed E-state index contributed by atoms with van der Waals surface area (Å²) < 4.78 is 38.9. The van der Waals surface area contributed by atoms with Gasteiger partial charge < -0.3 is 10.3 Å². The summed E-state index contributed by atoms with van der Waals surface area (Å²) in [7, 11) is 0. The quantitative estimate of drug-likeness (QED) is 0.552. The average Bonchev–Trinajstić information content (AvgIpc) is 3.35. The Labute approximate surface area is 187 Å². The molecule has 9 heteroatoms. The second kappa shape index (κ2) is 9.25. The standard InChI is InChI=1S/C16H19F2NO.C8H5FN2O2/c17-13-2-1-12(14(18)7-13)10-19-15(20)9-16-5-3-11(8-16)4-6-16;9-4-1-2-6-5(3-4)7(12)11-8(13)10-6/h1-2,7,11H,3-6,8-10H2,(H,19,20);1-3H,(H2,10,11,12,13). The Morgan fingerprint density at radius 2 is 1.70 bits per heavy atom. The second-order valence-electron chi connectivity index (χ2n) is 8.93. The number of carbonyl (C=O) groups excluding carboxylic acids is 1. The largest absolute Gasteiger partial charge is 0.352 e. The first-order chi connectivity index (χ1) is 15.7. The van der Waals surface area contributed by atoms with Gasteiger partial charge in [0.25, 0.3) is 5.56 Å². The van der Waals surface area contributed by atoms with Crippen molar-refractivity contribution in [2.45, 2.75) is 45.1 Å². The van der Waals surface area contributed by atoms with Crippen LogP contribution in [0.5, 0.6) is 0 Å². The molecule has 6 nitrogen and oxygen atoms in total. The maximum absolute atomic E-state index is 13.5. The lowest BCUT2D eigenvalue weighted by Crippen LogP contribution is -2.29. The smallest absolute Gasteiger partial charge is 0.326 e. The Morgan fingerprint density at radius 3 is 2.36 bits per heavy atom. The molecule has 33 heavy (non-hydrogen) atoms. The van der Waals surface area contributed by atoms with Gasteiger partial charge in [-0.1, -0.05) is 6.07 Å². The number of fused-ring (bicyclic) bond motifs is 3. The zero-order valence-electron chi connectivity index (χ0n) is 17.8. The Balaban J connectivity index is 0.000000172. The van der Waals surface area contributed by atoms with Crippen molar-refractivity contribution in [3.63, 3.8) is 0 Å². The normalized spacial score (nSPS) is 21.0. The molecule has 2 aromatic carbocycles. The fraction of sp³-hybridized carbons (Fsp3) is 0.375. The van der Waals surface area contributed by atoms with Crippen molar-refractivity contribution in [2.75, 3.05) is 0 Å². The van der Waals surface area contributed by atoms with Crippen molar-refractivity contribution in [1.29, 1.82) is 0 Å². The average molecular weight is 459 g/mol. The van der Waals surface area contributed by atoms with Crippen LogP contribution < -0.4 is 16.6 Å². The Kier molecular flexibility index (Phi) is 6.40. The van der Waals surface area contributed by atoms with Crippen molar-refractivity contribution in [3.8, 4) is 0 Å². The van der Waals surface area contributed by atoms with E-state index in [1.165, 1.54) is 43.5 Å². The third-order valence-electron chi connectivity index (χ3n) is 6.62. The van der Waals surface area contributed by atoms with E-state index in [2.05, 4.69) is 10.3 Å². The van der Waals surface area contributed by atoms with E-state index in [4.69, 9.17) is 0 Å². The number of carbonyl (C=O) groups is 1. The molecule has 0 radical (unpaired) electrons. The predicted molar refractivity (Wildman–Crippen MR) is 117 cm³/mol. The van der Waals surface area contributed by atoms with Crippen LogP contribution in [0.1, 0.15) is 44.1 Å². The summed E-state index contributed by atoms with van der Waals surface area (Å²) in [6.45, 7) is 0.129. The summed E-state index contributed by atoms with van der Waals surface area (Å²) in [6.07, 6.45) is 6.52. The van der Waals surface area contributed by atoms with Gasteiger partial charge >= 0.3 is 5.69 Å². The molecular weight excluding hydrogens is 435 g/mol. The summed E-state index contributed by atoms with van der Waals surface area (Å²) in [4.78, 5) is 38.3. The van der Waals surface area contributed by atoms with Crippen LogP contribution in [0, 0.1) is 28.8 Å². The number of benzene rings is 2. The number of hydrogen-bond acceptors (Lipinski definition) is 3. The molecule has 3 N–H and O–H groups in total. The van der Waals surface area contributed by atoms with E-state index in [-0.39, 0.29) is 23.3 Å². The molecule has 2 aliphatic carbocycles. The molecule has 0 spiro atoms. The summed E-state index contributed by atoms with van der Waals surface area (Å²) in [6, 6.07) is 7.04. The number of amides is 1. The lowest BCUT2D eigenvalue weighted by molar-refractivity contribution is -0.123. The number of halogens is 3. The van der Waals surface area contributed by atoms with Crippen molar-refractivity contribution in [1.82, 2.24) is 15.3 Å². The van der Waals surface area contributed by atoms with Gasteiger partial charge in [-0.05, 0) is 67.7 Å². The minimum Gasteiger partial charge on any atom is -0.352 e. The van der Waals surface area contributed by atoms with Gasteiger partial charge in [0.15, 0.2) is 0 Å². The highest BCUT2D eigenvalue weighted by Crippen LogP contribution is 2.55. The maximum Gasteiger partial charge on any atom is 0.326 e. The molecular formula is C24H24F3N3O3. The lowest BCUT2D eigenvalue weighted by atomic mass is 9.81. The van der Waals surface area contributed by atoms with Gasteiger partial charge in [0.2, 0.25) is 5.91 Å². The van der Waals surface area contributed by atoms with Crippen molar-refractivity contribution in [3.05, 3.63) is 80.3 Å². The van der Waals surface area contributed by atoms with Gasteiger partial charge in [0.1, 0.15) is 17.5 Å².